The first kappa shape index (κ1) is 19.6. The molecule has 27 heavy (non-hydrogen) atoms. The van der Waals surface area contributed by atoms with Gasteiger partial charge in [-0.3, -0.25) is 14.8 Å². The molecule has 146 valence electrons. The van der Waals surface area contributed by atoms with Gasteiger partial charge in [-0.15, -0.1) is 0 Å². The van der Waals surface area contributed by atoms with Gasteiger partial charge in [0.1, 0.15) is 5.82 Å². The van der Waals surface area contributed by atoms with E-state index in [1.165, 1.54) is 24.1 Å². The van der Waals surface area contributed by atoms with Gasteiger partial charge in [0.15, 0.2) is 0 Å². The Balaban J connectivity index is 1.55. The van der Waals surface area contributed by atoms with E-state index in [0.29, 0.717) is 28.9 Å². The first-order chi connectivity index (χ1) is 13.1. The summed E-state index contributed by atoms with van der Waals surface area (Å²) in [6, 6.07) is 1.82. The summed E-state index contributed by atoms with van der Waals surface area (Å²) >= 11 is 6.29. The fourth-order valence-electron chi connectivity index (χ4n) is 3.74. The second kappa shape index (κ2) is 9.19. The molecule has 7 nitrogen and oxygen atoms in total. The van der Waals surface area contributed by atoms with Gasteiger partial charge in [-0.1, -0.05) is 30.9 Å². The number of hydroxylamine groups is 1. The molecule has 0 radical (unpaired) electrons. The molecule has 1 saturated heterocycles. The molecule has 0 spiro atoms. The molecule has 1 saturated carbocycles. The number of hydrogen-bond acceptors (Lipinski definition) is 5. The lowest BCUT2D eigenvalue weighted by atomic mass is 9.88. The second-order valence-corrected chi connectivity index (χ2v) is 7.56. The van der Waals surface area contributed by atoms with Crippen LogP contribution in [-0.4, -0.2) is 46.0 Å². The number of carbonyl (C=O) groups excluding carboxylic acids is 2. The highest BCUT2D eigenvalue weighted by Crippen LogP contribution is 2.28. The Morgan fingerprint density at radius 3 is 2.74 bits per heavy atom. The predicted molar refractivity (Wildman–Crippen MR) is 103 cm³/mol. The molecule has 1 atom stereocenters. The summed E-state index contributed by atoms with van der Waals surface area (Å²) in [5, 5.41) is 12.2. The lowest BCUT2D eigenvalue weighted by molar-refractivity contribution is -0.135. The molecular weight excluding hydrogens is 368 g/mol. The van der Waals surface area contributed by atoms with Crippen LogP contribution >= 0.6 is 11.6 Å². The van der Waals surface area contributed by atoms with Crippen LogP contribution in [0.15, 0.2) is 18.3 Å². The van der Waals surface area contributed by atoms with Crippen LogP contribution in [-0.2, 0) is 9.59 Å². The number of aromatic nitrogens is 1. The molecule has 2 fully saturated rings. The van der Waals surface area contributed by atoms with E-state index in [2.05, 4.69) is 10.3 Å². The van der Waals surface area contributed by atoms with Crippen molar-refractivity contribution >= 4 is 35.3 Å². The van der Waals surface area contributed by atoms with Gasteiger partial charge in [0.05, 0.1) is 5.02 Å². The number of halogens is 1. The number of likely N-dealkylation sites (tertiary alicyclic amines) is 1. The minimum Gasteiger partial charge on any atom is -0.364 e. The summed E-state index contributed by atoms with van der Waals surface area (Å²) < 4.78 is 0. The Morgan fingerprint density at radius 2 is 2.04 bits per heavy atom. The minimum atomic E-state index is -0.623. The van der Waals surface area contributed by atoms with Crippen LogP contribution in [0.1, 0.15) is 44.1 Å². The van der Waals surface area contributed by atoms with E-state index < -0.39 is 5.91 Å². The Kier molecular flexibility index (Phi) is 6.68. The lowest BCUT2D eigenvalue weighted by Crippen LogP contribution is -2.36. The lowest BCUT2D eigenvalue weighted by Gasteiger charge is -2.26. The predicted octanol–water partition coefficient (Wildman–Crippen LogP) is 2.85. The third-order valence-electron chi connectivity index (χ3n) is 5.19. The number of hydrogen-bond donors (Lipinski definition) is 3. The zero-order chi connectivity index (χ0) is 19.2. The normalized spacial score (nSPS) is 20.8. The van der Waals surface area contributed by atoms with Crippen molar-refractivity contribution in [2.24, 2.45) is 5.92 Å². The molecule has 0 aromatic carbocycles. The molecule has 2 amide bonds. The average Bonchev–Trinajstić information content (AvgIpc) is 3.16. The summed E-state index contributed by atoms with van der Waals surface area (Å²) in [5.41, 5.74) is 2.17. The van der Waals surface area contributed by atoms with Gasteiger partial charge in [-0.2, -0.15) is 0 Å². The van der Waals surface area contributed by atoms with Crippen LogP contribution < -0.4 is 10.8 Å². The molecular formula is C19H25ClN4O3. The van der Waals surface area contributed by atoms with Gasteiger partial charge in [0, 0.05) is 37.3 Å². The Labute approximate surface area is 163 Å². The van der Waals surface area contributed by atoms with Gasteiger partial charge < -0.3 is 10.2 Å². The summed E-state index contributed by atoms with van der Waals surface area (Å²) in [7, 11) is 0. The molecule has 0 unspecified atom stereocenters. The monoisotopic (exact) mass is 392 g/mol. The molecule has 0 bridgehead atoms. The number of carbonyl (C=O) groups is 2. The molecule has 3 rings (SSSR count). The SMILES string of the molecule is O=C(C=Cc1cnc(N[C@@H]2CCN(C(=O)C3CCCCC3)C2)c(Cl)c1)NO. The standard InChI is InChI=1S/C19H25ClN4O3/c20-16-10-13(6-7-17(25)23-27)11-21-18(16)22-15-8-9-24(12-15)19(26)14-4-2-1-3-5-14/h6-7,10-11,14-15,27H,1-5,8-9,12H2,(H,21,22)(H,23,25)/t15-/m1/s1. The van der Waals surface area contributed by atoms with Gasteiger partial charge >= 0.3 is 0 Å². The second-order valence-electron chi connectivity index (χ2n) is 7.16. The average molecular weight is 393 g/mol. The first-order valence-electron chi connectivity index (χ1n) is 9.40. The van der Waals surface area contributed by atoms with E-state index in [1.54, 1.807) is 12.3 Å². The van der Waals surface area contributed by atoms with E-state index >= 15 is 0 Å². The van der Waals surface area contributed by atoms with Crippen molar-refractivity contribution in [1.82, 2.24) is 15.4 Å². The van der Waals surface area contributed by atoms with Crippen LogP contribution in [0.2, 0.25) is 5.02 Å². The Hall–Kier alpha value is -2.12. The number of nitrogens with one attached hydrogen (secondary N) is 2. The van der Waals surface area contributed by atoms with Crippen LogP contribution in [0.5, 0.6) is 0 Å². The van der Waals surface area contributed by atoms with Crippen molar-refractivity contribution in [2.75, 3.05) is 18.4 Å². The third kappa shape index (κ3) is 5.20. The highest BCUT2D eigenvalue weighted by atomic mass is 35.5. The molecule has 3 N–H and O–H groups in total. The maximum atomic E-state index is 12.7. The smallest absolute Gasteiger partial charge is 0.267 e. The number of rotatable bonds is 5. The molecule has 1 aliphatic heterocycles. The molecule has 1 aromatic rings. The van der Waals surface area contributed by atoms with E-state index in [9.17, 15) is 9.59 Å². The summed E-state index contributed by atoms with van der Waals surface area (Å²) in [6.45, 7) is 1.44. The van der Waals surface area contributed by atoms with Crippen molar-refractivity contribution in [3.63, 3.8) is 0 Å². The molecule has 1 aromatic heterocycles. The maximum Gasteiger partial charge on any atom is 0.267 e. The van der Waals surface area contributed by atoms with Crippen LogP contribution in [0.4, 0.5) is 5.82 Å². The number of anilines is 1. The third-order valence-corrected chi connectivity index (χ3v) is 5.48. The largest absolute Gasteiger partial charge is 0.364 e. The summed E-state index contributed by atoms with van der Waals surface area (Å²) in [4.78, 5) is 30.0. The molecule has 2 aliphatic rings. The highest BCUT2D eigenvalue weighted by molar-refractivity contribution is 6.33. The van der Waals surface area contributed by atoms with Crippen LogP contribution in [0.3, 0.4) is 0 Å². The van der Waals surface area contributed by atoms with Crippen molar-refractivity contribution < 1.29 is 14.8 Å². The van der Waals surface area contributed by atoms with Gasteiger partial charge in [0.2, 0.25) is 5.91 Å². The van der Waals surface area contributed by atoms with Gasteiger partial charge in [-0.05, 0) is 37.0 Å². The van der Waals surface area contributed by atoms with Crippen LogP contribution in [0, 0.1) is 5.92 Å². The van der Waals surface area contributed by atoms with E-state index in [0.717, 1.165) is 38.6 Å². The fourth-order valence-corrected chi connectivity index (χ4v) is 3.97. The van der Waals surface area contributed by atoms with Crippen molar-refractivity contribution in [1.29, 1.82) is 0 Å². The first-order valence-corrected chi connectivity index (χ1v) is 9.77. The zero-order valence-corrected chi connectivity index (χ0v) is 15.9. The van der Waals surface area contributed by atoms with Crippen molar-refractivity contribution in [3.05, 3.63) is 28.9 Å². The summed E-state index contributed by atoms with van der Waals surface area (Å²) in [6.07, 6.45) is 10.8. The molecule has 2 heterocycles. The quantitative estimate of drug-likeness (QED) is 0.407. The topological polar surface area (TPSA) is 94.6 Å². The highest BCUT2D eigenvalue weighted by Gasteiger charge is 2.31. The van der Waals surface area contributed by atoms with E-state index in [4.69, 9.17) is 16.8 Å². The summed E-state index contributed by atoms with van der Waals surface area (Å²) in [5.74, 6) is 0.432. The number of pyridine rings is 1. The number of nitrogens with zero attached hydrogens (tertiary/aromatic N) is 2. The minimum absolute atomic E-state index is 0.129. The van der Waals surface area contributed by atoms with Gasteiger partial charge in [-0.25, -0.2) is 10.5 Å². The fraction of sp³-hybridized carbons (Fsp3) is 0.526. The van der Waals surface area contributed by atoms with Crippen molar-refractivity contribution in [3.8, 4) is 0 Å². The van der Waals surface area contributed by atoms with Crippen LogP contribution in [0.25, 0.3) is 6.08 Å². The zero-order valence-electron chi connectivity index (χ0n) is 15.2. The molecule has 1 aliphatic carbocycles. The number of amides is 2. The maximum absolute atomic E-state index is 12.7. The Bertz CT molecular complexity index is 719. The Morgan fingerprint density at radius 1 is 1.26 bits per heavy atom. The molecule has 8 heteroatoms. The van der Waals surface area contributed by atoms with E-state index in [-0.39, 0.29) is 12.0 Å². The van der Waals surface area contributed by atoms with Crippen molar-refractivity contribution in [2.45, 2.75) is 44.6 Å². The van der Waals surface area contributed by atoms with E-state index in [1.807, 2.05) is 4.90 Å². The van der Waals surface area contributed by atoms with Gasteiger partial charge in [0.25, 0.3) is 5.91 Å².